The summed E-state index contributed by atoms with van der Waals surface area (Å²) >= 11 is 0. The summed E-state index contributed by atoms with van der Waals surface area (Å²) in [5, 5.41) is 11.5. The molecule has 5 nitrogen and oxygen atoms in total. The highest BCUT2D eigenvalue weighted by Gasteiger charge is 2.21. The zero-order valence-corrected chi connectivity index (χ0v) is 9.55. The van der Waals surface area contributed by atoms with E-state index in [4.69, 9.17) is 9.84 Å². The monoisotopic (exact) mass is 237 g/mol. The average molecular weight is 237 g/mol. The number of benzene rings is 1. The Morgan fingerprint density at radius 1 is 1.35 bits per heavy atom. The molecule has 0 fully saturated rings. The molecule has 0 saturated heterocycles. The SMILES string of the molecule is COCCC(=O)N[C@@H](C(=O)O)c1ccccc1. The molecule has 1 aromatic rings. The molecule has 0 radical (unpaired) electrons. The zero-order chi connectivity index (χ0) is 12.7. The number of ether oxygens (including phenoxy) is 1. The normalized spacial score (nSPS) is 11.8. The van der Waals surface area contributed by atoms with Gasteiger partial charge in [0, 0.05) is 13.5 Å². The number of nitrogens with one attached hydrogen (secondary N) is 1. The molecule has 17 heavy (non-hydrogen) atoms. The van der Waals surface area contributed by atoms with Gasteiger partial charge in [0.15, 0.2) is 6.04 Å². The van der Waals surface area contributed by atoms with Gasteiger partial charge in [-0.15, -0.1) is 0 Å². The zero-order valence-electron chi connectivity index (χ0n) is 9.55. The van der Waals surface area contributed by atoms with Gasteiger partial charge in [-0.3, -0.25) is 4.79 Å². The van der Waals surface area contributed by atoms with Crippen LogP contribution >= 0.6 is 0 Å². The number of carboxylic acids is 1. The van der Waals surface area contributed by atoms with Gasteiger partial charge < -0.3 is 15.2 Å². The molecule has 0 heterocycles. The van der Waals surface area contributed by atoms with Gasteiger partial charge in [0.05, 0.1) is 6.61 Å². The topological polar surface area (TPSA) is 75.6 Å². The average Bonchev–Trinajstić information content (AvgIpc) is 2.34. The van der Waals surface area contributed by atoms with E-state index in [-0.39, 0.29) is 18.9 Å². The standard InChI is InChI=1S/C12H15NO4/c1-17-8-7-10(14)13-11(12(15)16)9-5-3-2-4-6-9/h2-6,11H,7-8H2,1H3,(H,13,14)(H,15,16)/t11-/m1/s1. The molecule has 1 atom stereocenters. The molecule has 0 aliphatic carbocycles. The summed E-state index contributed by atoms with van der Waals surface area (Å²) < 4.78 is 4.75. The first kappa shape index (κ1) is 13.2. The third-order valence-electron chi connectivity index (χ3n) is 2.22. The van der Waals surface area contributed by atoms with Crippen molar-refractivity contribution in [2.45, 2.75) is 12.5 Å². The summed E-state index contributed by atoms with van der Waals surface area (Å²) in [5.41, 5.74) is 0.547. The molecule has 0 spiro atoms. The third-order valence-corrected chi connectivity index (χ3v) is 2.22. The molecule has 0 unspecified atom stereocenters. The fourth-order valence-electron chi connectivity index (χ4n) is 1.36. The Bertz CT molecular complexity index is 377. The van der Waals surface area contributed by atoms with Crippen LogP contribution in [-0.2, 0) is 14.3 Å². The summed E-state index contributed by atoms with van der Waals surface area (Å²) in [6.45, 7) is 0.271. The molecule has 1 rings (SSSR count). The van der Waals surface area contributed by atoms with Gasteiger partial charge in [0.1, 0.15) is 0 Å². The second-order valence-corrected chi connectivity index (χ2v) is 3.49. The molecular formula is C12H15NO4. The van der Waals surface area contributed by atoms with Gasteiger partial charge in [-0.1, -0.05) is 30.3 Å². The molecule has 0 saturated carbocycles. The van der Waals surface area contributed by atoms with Crippen molar-refractivity contribution in [3.63, 3.8) is 0 Å². The van der Waals surface area contributed by atoms with Crippen molar-refractivity contribution in [3.05, 3.63) is 35.9 Å². The highest BCUT2D eigenvalue weighted by atomic mass is 16.5. The molecule has 0 aliphatic rings. The van der Waals surface area contributed by atoms with Crippen molar-refractivity contribution in [1.29, 1.82) is 0 Å². The van der Waals surface area contributed by atoms with E-state index in [0.29, 0.717) is 5.56 Å². The largest absolute Gasteiger partial charge is 0.479 e. The first-order chi connectivity index (χ1) is 8.15. The minimum atomic E-state index is -1.08. The summed E-state index contributed by atoms with van der Waals surface area (Å²) in [7, 11) is 1.49. The number of hydrogen-bond acceptors (Lipinski definition) is 3. The molecule has 2 N–H and O–H groups in total. The lowest BCUT2D eigenvalue weighted by Gasteiger charge is -2.14. The van der Waals surface area contributed by atoms with Crippen LogP contribution in [0.4, 0.5) is 0 Å². The number of carbonyl (C=O) groups excluding carboxylic acids is 1. The maximum atomic E-state index is 11.4. The summed E-state index contributed by atoms with van der Waals surface area (Å²) in [5.74, 6) is -1.43. The van der Waals surface area contributed by atoms with E-state index < -0.39 is 12.0 Å². The molecule has 0 bridgehead atoms. The predicted octanol–water partition coefficient (Wildman–Crippen LogP) is 0.965. The molecule has 0 aliphatic heterocycles. The number of rotatable bonds is 6. The molecule has 1 aromatic carbocycles. The highest BCUT2D eigenvalue weighted by molar-refractivity contribution is 5.84. The number of methoxy groups -OCH3 is 1. The molecule has 92 valence electrons. The van der Waals surface area contributed by atoms with Crippen molar-refractivity contribution in [2.75, 3.05) is 13.7 Å². The van der Waals surface area contributed by atoms with Crippen LogP contribution in [0, 0.1) is 0 Å². The third kappa shape index (κ3) is 4.24. The van der Waals surface area contributed by atoms with E-state index in [1.807, 2.05) is 0 Å². The van der Waals surface area contributed by atoms with Crippen LogP contribution in [0.25, 0.3) is 0 Å². The van der Waals surface area contributed by atoms with E-state index in [0.717, 1.165) is 0 Å². The number of hydrogen-bond donors (Lipinski definition) is 2. The van der Waals surface area contributed by atoms with Crippen molar-refractivity contribution < 1.29 is 19.4 Å². The Balaban J connectivity index is 2.68. The Hall–Kier alpha value is -1.88. The fraction of sp³-hybridized carbons (Fsp3) is 0.333. The second kappa shape index (κ2) is 6.65. The Morgan fingerprint density at radius 3 is 2.53 bits per heavy atom. The van der Waals surface area contributed by atoms with Gasteiger partial charge >= 0.3 is 5.97 Å². The van der Waals surface area contributed by atoms with Crippen LogP contribution in [0.3, 0.4) is 0 Å². The van der Waals surface area contributed by atoms with E-state index in [2.05, 4.69) is 5.32 Å². The minimum absolute atomic E-state index is 0.146. The van der Waals surface area contributed by atoms with Crippen molar-refractivity contribution >= 4 is 11.9 Å². The van der Waals surface area contributed by atoms with Crippen LogP contribution in [0.1, 0.15) is 18.0 Å². The lowest BCUT2D eigenvalue weighted by Crippen LogP contribution is -2.34. The maximum Gasteiger partial charge on any atom is 0.330 e. The fourth-order valence-corrected chi connectivity index (χ4v) is 1.36. The van der Waals surface area contributed by atoms with Crippen LogP contribution in [0.2, 0.25) is 0 Å². The van der Waals surface area contributed by atoms with Gasteiger partial charge in [-0.05, 0) is 5.56 Å². The van der Waals surface area contributed by atoms with Gasteiger partial charge in [-0.2, -0.15) is 0 Å². The Morgan fingerprint density at radius 2 is 2.00 bits per heavy atom. The van der Waals surface area contributed by atoms with Gasteiger partial charge in [-0.25, -0.2) is 4.79 Å². The smallest absolute Gasteiger partial charge is 0.330 e. The number of aliphatic carboxylic acids is 1. The highest BCUT2D eigenvalue weighted by Crippen LogP contribution is 2.12. The summed E-state index contributed by atoms with van der Waals surface area (Å²) in [6, 6.07) is 7.56. The van der Waals surface area contributed by atoms with Crippen LogP contribution in [0.15, 0.2) is 30.3 Å². The van der Waals surface area contributed by atoms with E-state index in [1.165, 1.54) is 7.11 Å². The predicted molar refractivity (Wildman–Crippen MR) is 61.5 cm³/mol. The lowest BCUT2D eigenvalue weighted by atomic mass is 10.1. The second-order valence-electron chi connectivity index (χ2n) is 3.49. The van der Waals surface area contributed by atoms with Gasteiger partial charge in [0.25, 0.3) is 0 Å². The van der Waals surface area contributed by atoms with E-state index >= 15 is 0 Å². The molecular weight excluding hydrogens is 222 g/mol. The quantitative estimate of drug-likeness (QED) is 0.772. The van der Waals surface area contributed by atoms with E-state index in [1.54, 1.807) is 30.3 Å². The van der Waals surface area contributed by atoms with Crippen molar-refractivity contribution in [3.8, 4) is 0 Å². The lowest BCUT2D eigenvalue weighted by molar-refractivity contribution is -0.142. The maximum absolute atomic E-state index is 11.4. The first-order valence-corrected chi connectivity index (χ1v) is 5.21. The molecule has 1 amide bonds. The minimum Gasteiger partial charge on any atom is -0.479 e. The number of carbonyl (C=O) groups is 2. The number of amides is 1. The Kier molecular flexibility index (Phi) is 5.16. The molecule has 5 heteroatoms. The number of carboxylic acid groups (broad SMARTS) is 1. The van der Waals surface area contributed by atoms with Crippen LogP contribution in [0.5, 0.6) is 0 Å². The Labute approximate surface area is 99.4 Å². The van der Waals surface area contributed by atoms with Crippen LogP contribution in [-0.4, -0.2) is 30.7 Å². The first-order valence-electron chi connectivity index (χ1n) is 5.21. The molecule has 0 aromatic heterocycles. The van der Waals surface area contributed by atoms with E-state index in [9.17, 15) is 9.59 Å². The van der Waals surface area contributed by atoms with Gasteiger partial charge in [0.2, 0.25) is 5.91 Å². The summed E-state index contributed by atoms with van der Waals surface area (Å²) in [6.07, 6.45) is 0.146. The summed E-state index contributed by atoms with van der Waals surface area (Å²) in [4.78, 5) is 22.5. The van der Waals surface area contributed by atoms with Crippen molar-refractivity contribution in [1.82, 2.24) is 5.32 Å². The van der Waals surface area contributed by atoms with Crippen molar-refractivity contribution in [2.24, 2.45) is 0 Å². The van der Waals surface area contributed by atoms with Crippen LogP contribution < -0.4 is 5.32 Å².